The van der Waals surface area contributed by atoms with E-state index in [1.807, 2.05) is 0 Å². The number of hydrogen-bond donors (Lipinski definition) is 1. The van der Waals surface area contributed by atoms with Gasteiger partial charge in [-0.1, -0.05) is 12.1 Å². The Morgan fingerprint density at radius 1 is 1.69 bits per heavy atom. The van der Waals surface area contributed by atoms with Crippen LogP contribution in [0.2, 0.25) is 0 Å². The summed E-state index contributed by atoms with van der Waals surface area (Å²) in [5, 5.41) is 0. The van der Waals surface area contributed by atoms with Gasteiger partial charge < -0.3 is 5.73 Å². The monoisotopic (exact) mass is 180 g/mol. The molecule has 3 heteroatoms. The summed E-state index contributed by atoms with van der Waals surface area (Å²) in [5.41, 5.74) is 7.35. The Morgan fingerprint density at radius 2 is 2.38 bits per heavy atom. The van der Waals surface area contributed by atoms with Crippen molar-refractivity contribution in [1.82, 2.24) is 4.98 Å². The molecule has 0 aliphatic rings. The van der Waals surface area contributed by atoms with Gasteiger partial charge in [0.1, 0.15) is 0 Å². The number of rotatable bonds is 3. The Labute approximate surface area is 77.3 Å². The summed E-state index contributed by atoms with van der Waals surface area (Å²) in [6.07, 6.45) is 2.42. The molecule has 1 aromatic rings. The van der Waals surface area contributed by atoms with E-state index in [-0.39, 0.29) is 6.04 Å². The maximum atomic E-state index is 12.6. The van der Waals surface area contributed by atoms with Gasteiger partial charge in [-0.25, -0.2) is 4.98 Å². The molecule has 13 heavy (non-hydrogen) atoms. The zero-order chi connectivity index (χ0) is 9.84. The number of nitrogens with two attached hydrogens (primary N) is 1. The molecule has 1 heterocycles. The zero-order valence-electron chi connectivity index (χ0n) is 7.63. The van der Waals surface area contributed by atoms with Crippen molar-refractivity contribution in [3.8, 4) is 0 Å². The van der Waals surface area contributed by atoms with Crippen molar-refractivity contribution in [1.29, 1.82) is 0 Å². The van der Waals surface area contributed by atoms with Crippen molar-refractivity contribution in [3.63, 3.8) is 0 Å². The highest BCUT2D eigenvalue weighted by Crippen LogP contribution is 2.17. The van der Waals surface area contributed by atoms with E-state index in [0.717, 1.165) is 5.56 Å². The van der Waals surface area contributed by atoms with Crippen LogP contribution in [0.25, 0.3) is 0 Å². The van der Waals surface area contributed by atoms with Crippen LogP contribution in [0.15, 0.2) is 24.8 Å². The third kappa shape index (κ3) is 2.36. The van der Waals surface area contributed by atoms with E-state index in [2.05, 4.69) is 11.6 Å². The van der Waals surface area contributed by atoms with Crippen molar-refractivity contribution < 1.29 is 4.39 Å². The molecular weight excluding hydrogens is 167 g/mol. The van der Waals surface area contributed by atoms with Crippen LogP contribution in [0.4, 0.5) is 4.39 Å². The molecule has 0 saturated carbocycles. The van der Waals surface area contributed by atoms with Gasteiger partial charge in [-0.2, -0.15) is 4.39 Å². The maximum absolute atomic E-state index is 12.6. The van der Waals surface area contributed by atoms with E-state index >= 15 is 0 Å². The SMILES string of the molecule is C=CC[C@@H](N)c1ccc(F)nc1C. The molecule has 2 N–H and O–H groups in total. The molecule has 0 aliphatic heterocycles. The molecule has 0 amide bonds. The van der Waals surface area contributed by atoms with Crippen molar-refractivity contribution >= 4 is 0 Å². The van der Waals surface area contributed by atoms with Crippen LogP contribution in [0, 0.1) is 12.9 Å². The average Bonchev–Trinajstić information content (AvgIpc) is 2.04. The maximum Gasteiger partial charge on any atom is 0.213 e. The fourth-order valence-electron chi connectivity index (χ4n) is 1.24. The Balaban J connectivity index is 2.94. The fourth-order valence-corrected chi connectivity index (χ4v) is 1.24. The first kappa shape index (κ1) is 9.86. The lowest BCUT2D eigenvalue weighted by Crippen LogP contribution is -2.11. The summed E-state index contributed by atoms with van der Waals surface area (Å²) in [5.74, 6) is -0.466. The third-order valence-corrected chi connectivity index (χ3v) is 1.91. The van der Waals surface area contributed by atoms with Crippen molar-refractivity contribution in [2.45, 2.75) is 19.4 Å². The number of hydrogen-bond acceptors (Lipinski definition) is 2. The quantitative estimate of drug-likeness (QED) is 0.571. The number of nitrogens with zero attached hydrogens (tertiary/aromatic N) is 1. The standard InChI is InChI=1S/C10H13FN2/c1-3-4-9(12)8-5-6-10(11)13-7(8)2/h3,5-6,9H,1,4,12H2,2H3/t9-/m1/s1. The summed E-state index contributed by atoms with van der Waals surface area (Å²) in [6.45, 7) is 5.35. The predicted octanol–water partition coefficient (Wildman–Crippen LogP) is 2.11. The van der Waals surface area contributed by atoms with Gasteiger partial charge in [0.05, 0.1) is 0 Å². The smallest absolute Gasteiger partial charge is 0.213 e. The Morgan fingerprint density at radius 3 is 2.92 bits per heavy atom. The Hall–Kier alpha value is -1.22. The first-order valence-corrected chi connectivity index (χ1v) is 4.14. The van der Waals surface area contributed by atoms with Gasteiger partial charge in [0.25, 0.3) is 0 Å². The van der Waals surface area contributed by atoms with Crippen molar-refractivity contribution in [2.75, 3.05) is 0 Å². The van der Waals surface area contributed by atoms with E-state index in [0.29, 0.717) is 12.1 Å². The summed E-state index contributed by atoms with van der Waals surface area (Å²) in [7, 11) is 0. The minimum atomic E-state index is -0.466. The molecule has 1 atom stereocenters. The average molecular weight is 180 g/mol. The van der Waals surface area contributed by atoms with E-state index in [9.17, 15) is 4.39 Å². The molecule has 0 aromatic carbocycles. The molecule has 0 bridgehead atoms. The van der Waals surface area contributed by atoms with Crippen LogP contribution in [-0.2, 0) is 0 Å². The minimum absolute atomic E-state index is 0.134. The van der Waals surface area contributed by atoms with Crippen molar-refractivity contribution in [2.24, 2.45) is 5.73 Å². The topological polar surface area (TPSA) is 38.9 Å². The molecule has 1 aromatic heterocycles. The third-order valence-electron chi connectivity index (χ3n) is 1.91. The molecule has 0 fully saturated rings. The van der Waals surface area contributed by atoms with Gasteiger partial charge in [-0.15, -0.1) is 6.58 Å². The second kappa shape index (κ2) is 4.14. The van der Waals surface area contributed by atoms with Crippen LogP contribution in [0.5, 0.6) is 0 Å². The second-order valence-corrected chi connectivity index (χ2v) is 2.94. The number of pyridine rings is 1. The summed E-state index contributed by atoms with van der Waals surface area (Å²) < 4.78 is 12.6. The Bertz CT molecular complexity index is 310. The fraction of sp³-hybridized carbons (Fsp3) is 0.300. The van der Waals surface area contributed by atoms with Gasteiger partial charge in [-0.05, 0) is 25.0 Å². The normalized spacial score (nSPS) is 12.5. The molecule has 0 spiro atoms. The van der Waals surface area contributed by atoms with Crippen molar-refractivity contribution in [3.05, 3.63) is 42.0 Å². The lowest BCUT2D eigenvalue weighted by Gasteiger charge is -2.11. The highest BCUT2D eigenvalue weighted by molar-refractivity contribution is 5.23. The number of halogens is 1. The van der Waals surface area contributed by atoms with Gasteiger partial charge in [-0.3, -0.25) is 0 Å². The number of aromatic nitrogens is 1. The van der Waals surface area contributed by atoms with Gasteiger partial charge in [0, 0.05) is 11.7 Å². The molecular formula is C10H13FN2. The first-order valence-electron chi connectivity index (χ1n) is 4.14. The molecule has 0 unspecified atom stereocenters. The highest BCUT2D eigenvalue weighted by atomic mass is 19.1. The molecule has 0 radical (unpaired) electrons. The Kier molecular flexibility index (Phi) is 3.14. The molecule has 0 aliphatic carbocycles. The van der Waals surface area contributed by atoms with Crippen LogP contribution in [-0.4, -0.2) is 4.98 Å². The van der Waals surface area contributed by atoms with Crippen LogP contribution >= 0.6 is 0 Å². The van der Waals surface area contributed by atoms with Crippen LogP contribution in [0.3, 0.4) is 0 Å². The van der Waals surface area contributed by atoms with E-state index in [1.165, 1.54) is 6.07 Å². The van der Waals surface area contributed by atoms with Gasteiger partial charge >= 0.3 is 0 Å². The van der Waals surface area contributed by atoms with E-state index in [4.69, 9.17) is 5.73 Å². The zero-order valence-corrected chi connectivity index (χ0v) is 7.63. The van der Waals surface area contributed by atoms with Crippen LogP contribution < -0.4 is 5.73 Å². The molecule has 0 saturated heterocycles. The largest absolute Gasteiger partial charge is 0.324 e. The minimum Gasteiger partial charge on any atom is -0.324 e. The second-order valence-electron chi connectivity index (χ2n) is 2.94. The lowest BCUT2D eigenvalue weighted by atomic mass is 10.0. The summed E-state index contributed by atoms with van der Waals surface area (Å²) in [6, 6.07) is 2.86. The molecule has 70 valence electrons. The lowest BCUT2D eigenvalue weighted by molar-refractivity contribution is 0.574. The number of aryl methyl sites for hydroxylation is 1. The molecule has 1 rings (SSSR count). The molecule has 2 nitrogen and oxygen atoms in total. The first-order chi connectivity index (χ1) is 6.15. The van der Waals surface area contributed by atoms with E-state index < -0.39 is 5.95 Å². The predicted molar refractivity (Wildman–Crippen MR) is 50.7 cm³/mol. The van der Waals surface area contributed by atoms with Gasteiger partial charge in [0.15, 0.2) is 0 Å². The van der Waals surface area contributed by atoms with Gasteiger partial charge in [0.2, 0.25) is 5.95 Å². The summed E-state index contributed by atoms with van der Waals surface area (Å²) >= 11 is 0. The van der Waals surface area contributed by atoms with E-state index in [1.54, 1.807) is 19.1 Å². The highest BCUT2D eigenvalue weighted by Gasteiger charge is 2.08. The summed E-state index contributed by atoms with van der Waals surface area (Å²) in [4.78, 5) is 3.70. The van der Waals surface area contributed by atoms with Crippen LogP contribution in [0.1, 0.15) is 23.7 Å².